The molecule has 6 heterocycles. The first kappa shape index (κ1) is 87.1. The Morgan fingerprint density at radius 1 is 0.566 bits per heavy atom. The van der Waals surface area contributed by atoms with E-state index in [4.69, 9.17) is 61.0 Å². The number of aromatic nitrogens is 2. The predicted octanol–water partition coefficient (Wildman–Crippen LogP) is 2.62. The van der Waals surface area contributed by atoms with E-state index in [1.165, 1.54) is 9.80 Å². The van der Waals surface area contributed by atoms with Crippen molar-refractivity contribution < 1.29 is 74.7 Å². The van der Waals surface area contributed by atoms with Gasteiger partial charge in [-0.1, -0.05) is 60.7 Å². The van der Waals surface area contributed by atoms with E-state index in [-0.39, 0.29) is 48.4 Å². The quantitative estimate of drug-likeness (QED) is 0.00709. The van der Waals surface area contributed by atoms with Crippen molar-refractivity contribution in [3.63, 3.8) is 0 Å². The van der Waals surface area contributed by atoms with E-state index in [0.29, 0.717) is 123 Å². The summed E-state index contributed by atoms with van der Waals surface area (Å²) in [6, 6.07) is 34.4. The van der Waals surface area contributed by atoms with Crippen LogP contribution in [0.2, 0.25) is 0 Å². The number of likely N-dealkylation sites (tertiary alicyclic amines) is 2. The molecule has 0 radical (unpaired) electrons. The van der Waals surface area contributed by atoms with Crippen molar-refractivity contribution in [3.05, 3.63) is 168 Å². The summed E-state index contributed by atoms with van der Waals surface area (Å²) in [6.45, 7) is 12.2. The van der Waals surface area contributed by atoms with Gasteiger partial charge in [-0.05, 0) is 178 Å². The SMILES string of the molecule is CN1C(=O)C(=Nc2ccc(N(OC(C)(C)C)C(=O)[C@H](CCCNC(=N)N)NC(=O)[C@@H]3CCCN3C(=O)[C@H](N)Cc3ccccc3)cc2)c2c1ccc[n+]2C.CN1C(=O)C(=Nc2ccc(N(OC(C)(C)C)C(=O)[C@H](CCCNC(=N)N)NC(=O)[C@@H]3CCCN3C(=O)[C@H](N)Cc3ccccc3)cc2)c2c1ccc[n+]2C.O=S(=O)([O-])[O-]. The Labute approximate surface area is 657 Å². The number of aryl methyl sites for hydroxylation is 2. The maximum atomic E-state index is 14.5. The molecule has 10 rings (SSSR count). The number of hydrogen-bond donors (Lipinski definition) is 10. The fraction of sp³-hybridized carbons (Fsp3) is 0.410. The lowest BCUT2D eigenvalue weighted by Gasteiger charge is -2.33. The largest absolute Gasteiger partial charge is 0.759 e. The fourth-order valence-electron chi connectivity index (χ4n) is 13.2. The highest BCUT2D eigenvalue weighted by molar-refractivity contribution is 7.79. The average Bonchev–Trinajstić information content (AvgIpc) is 1.63. The Morgan fingerprint density at radius 2 is 0.903 bits per heavy atom. The van der Waals surface area contributed by atoms with Crippen LogP contribution in [0, 0.1) is 10.8 Å². The molecule has 8 amide bonds. The standard InChI is InChI=1S/2C39H50N10O5.H2O4S/c2*1-39(2,3)54-49(27-19-17-26(18-20-27)44-32-33-30(47(5)37(32)53)15-10-22-46(33)4)36(52)29(14-9-21-43-38(41)42)45-34(50)31-16-11-23-48(31)35(51)28(40)24-25-12-7-6-8-13-25;1-5(2,3)4/h2*6-8,10,12-13,15,17-20,22,28-29,31H,9,11,14,16,21,23-24,40H2,1-5H3,(H4-,41,42,43,45,50);(H2,1,2,3,4)/t2*28-,29+,31+;/m11./s1. The van der Waals surface area contributed by atoms with Crippen molar-refractivity contribution in [1.29, 1.82) is 10.8 Å². The molecule has 0 unspecified atom stereocenters. The molecule has 604 valence electrons. The average molecular weight is 1580 g/mol. The minimum Gasteiger partial charge on any atom is -0.759 e. The van der Waals surface area contributed by atoms with Crippen LogP contribution in [0.1, 0.15) is 115 Å². The summed E-state index contributed by atoms with van der Waals surface area (Å²) in [5.41, 5.74) is 29.1. The van der Waals surface area contributed by atoms with Crippen LogP contribution in [-0.2, 0) is 85.4 Å². The second-order valence-electron chi connectivity index (χ2n) is 29.5. The van der Waals surface area contributed by atoms with Gasteiger partial charge in [0.2, 0.25) is 35.1 Å². The predicted molar refractivity (Wildman–Crippen MR) is 422 cm³/mol. The highest BCUT2D eigenvalue weighted by Crippen LogP contribution is 2.33. The van der Waals surface area contributed by atoms with Crippen molar-refractivity contribution in [3.8, 4) is 0 Å². The summed E-state index contributed by atoms with van der Waals surface area (Å²) in [6.07, 6.45) is 7.58. The molecule has 0 aliphatic carbocycles. The first-order valence-electron chi connectivity index (χ1n) is 36.9. The molecule has 2 aromatic heterocycles. The van der Waals surface area contributed by atoms with Crippen LogP contribution in [0.5, 0.6) is 0 Å². The molecule has 34 nitrogen and oxygen atoms in total. The van der Waals surface area contributed by atoms with E-state index in [0.717, 1.165) is 32.6 Å². The molecule has 2 saturated heterocycles. The number of rotatable bonds is 26. The molecule has 35 heteroatoms. The lowest BCUT2D eigenvalue weighted by Crippen LogP contribution is -2.56. The molecule has 0 bridgehead atoms. The summed E-state index contributed by atoms with van der Waals surface area (Å²) in [4.78, 5) is 138. The van der Waals surface area contributed by atoms with Gasteiger partial charge in [-0.2, -0.15) is 19.3 Å². The number of guanidine groups is 2. The van der Waals surface area contributed by atoms with Crippen molar-refractivity contribution in [2.24, 2.45) is 47.0 Å². The number of likely N-dealkylation sites (N-methyl/N-ethyl adjacent to an activating group) is 2. The molecule has 2 fully saturated rings. The van der Waals surface area contributed by atoms with Crippen LogP contribution < -0.4 is 73.3 Å². The number of amides is 8. The highest BCUT2D eigenvalue weighted by atomic mass is 32.3. The van der Waals surface area contributed by atoms with Crippen LogP contribution in [0.25, 0.3) is 0 Å². The third-order valence-electron chi connectivity index (χ3n) is 18.4. The van der Waals surface area contributed by atoms with Gasteiger partial charge in [-0.3, -0.25) is 67.3 Å². The summed E-state index contributed by atoms with van der Waals surface area (Å²) in [5, 5.41) is 28.7. The molecule has 0 saturated carbocycles. The number of fused-ring (bicyclic) bond motifs is 2. The number of carbonyl (C=O) groups is 8. The normalized spacial score (nSPS) is 17.0. The number of benzene rings is 4. The van der Waals surface area contributed by atoms with Gasteiger partial charge in [-0.15, -0.1) is 0 Å². The first-order chi connectivity index (χ1) is 53.3. The number of hydroxylamine groups is 2. The number of aliphatic imine (C=N–C) groups is 2. The van der Waals surface area contributed by atoms with Crippen LogP contribution >= 0.6 is 0 Å². The van der Waals surface area contributed by atoms with Crippen LogP contribution in [-0.4, -0.2) is 186 Å². The Kier molecular flexibility index (Phi) is 29.8. The Bertz CT molecular complexity index is 4340. The van der Waals surface area contributed by atoms with Gasteiger partial charge in [0.25, 0.3) is 35.0 Å². The van der Waals surface area contributed by atoms with Gasteiger partial charge >= 0.3 is 0 Å². The molecule has 4 aromatic carbocycles. The number of nitrogens with two attached hydrogens (primary N) is 4. The lowest BCUT2D eigenvalue weighted by molar-refractivity contribution is -0.671. The van der Waals surface area contributed by atoms with E-state index in [9.17, 15) is 38.4 Å². The maximum absolute atomic E-state index is 14.5. The molecule has 0 spiro atoms. The molecule has 6 aromatic rings. The third kappa shape index (κ3) is 24.3. The Hall–Kier alpha value is -11.5. The minimum absolute atomic E-state index is 0.181. The minimum atomic E-state index is -5.17. The number of nitrogens with zero attached hydrogens (tertiary/aromatic N) is 10. The van der Waals surface area contributed by atoms with Gasteiger partial charge in [0.05, 0.1) is 46.0 Å². The summed E-state index contributed by atoms with van der Waals surface area (Å²) >= 11 is 0. The second kappa shape index (κ2) is 38.6. The number of nitrogens with one attached hydrogen (secondary N) is 6. The van der Waals surface area contributed by atoms with Crippen LogP contribution in [0.15, 0.2) is 156 Å². The van der Waals surface area contributed by atoms with Crippen molar-refractivity contribution in [2.75, 3.05) is 60.2 Å². The molecule has 14 N–H and O–H groups in total. The zero-order chi connectivity index (χ0) is 82.8. The monoisotopic (exact) mass is 1570 g/mol. The van der Waals surface area contributed by atoms with Crippen molar-refractivity contribution in [2.45, 2.75) is 153 Å². The summed E-state index contributed by atoms with van der Waals surface area (Å²) in [5.74, 6) is -3.54. The number of anilines is 4. The van der Waals surface area contributed by atoms with Gasteiger partial charge in [-0.25, -0.2) is 9.98 Å². The van der Waals surface area contributed by atoms with E-state index in [1.54, 1.807) is 114 Å². The van der Waals surface area contributed by atoms with Gasteiger partial charge in [0.1, 0.15) is 49.6 Å². The van der Waals surface area contributed by atoms with Crippen LogP contribution in [0.4, 0.5) is 34.1 Å². The second-order valence-corrected chi connectivity index (χ2v) is 30.3. The van der Waals surface area contributed by atoms with E-state index >= 15 is 0 Å². The van der Waals surface area contributed by atoms with E-state index < -0.39 is 81.5 Å². The van der Waals surface area contributed by atoms with Gasteiger partial charge < -0.3 is 72.9 Å². The Balaban J connectivity index is 0.000000267. The zero-order valence-electron chi connectivity index (χ0n) is 65.1. The molecular weight excluding hydrogens is 1470 g/mol. The lowest BCUT2D eigenvalue weighted by atomic mass is 10.0. The topological polar surface area (TPSA) is 487 Å². The highest BCUT2D eigenvalue weighted by Gasteiger charge is 2.44. The van der Waals surface area contributed by atoms with E-state index in [1.807, 2.05) is 121 Å². The summed E-state index contributed by atoms with van der Waals surface area (Å²) in [7, 11) is 1.94. The number of hydrogen-bond acceptors (Lipinski definition) is 20. The maximum Gasteiger partial charge on any atom is 0.283 e. The zero-order valence-corrected chi connectivity index (χ0v) is 65.9. The van der Waals surface area contributed by atoms with Gasteiger partial charge in [0, 0.05) is 62.8 Å². The van der Waals surface area contributed by atoms with E-state index in [2.05, 4.69) is 31.3 Å². The van der Waals surface area contributed by atoms with Gasteiger partial charge in [0.15, 0.2) is 24.3 Å². The molecule has 6 atom stereocenters. The number of pyridine rings is 2. The molecule has 113 heavy (non-hydrogen) atoms. The Morgan fingerprint density at radius 3 is 1.22 bits per heavy atom. The fourth-order valence-corrected chi connectivity index (χ4v) is 13.2. The third-order valence-corrected chi connectivity index (χ3v) is 18.4. The van der Waals surface area contributed by atoms with Crippen molar-refractivity contribution in [1.82, 2.24) is 31.1 Å². The number of carbonyl (C=O) groups excluding carboxylic acids is 8. The molecule has 4 aliphatic rings. The molecular formula is C78H102N20O14S. The van der Waals surface area contributed by atoms with Crippen molar-refractivity contribution >= 4 is 115 Å². The summed E-state index contributed by atoms with van der Waals surface area (Å²) < 4.78 is 37.8. The smallest absolute Gasteiger partial charge is 0.283 e. The molecule has 4 aliphatic heterocycles. The first-order valence-corrected chi connectivity index (χ1v) is 38.2. The van der Waals surface area contributed by atoms with Crippen LogP contribution in [0.3, 0.4) is 0 Å².